The Morgan fingerprint density at radius 2 is 1.94 bits per heavy atom. The number of aldehydes is 1. The zero-order valence-corrected chi connectivity index (χ0v) is 10.5. The Labute approximate surface area is 101 Å². The van der Waals surface area contributed by atoms with Gasteiger partial charge in [0.15, 0.2) is 0 Å². The number of rotatable bonds is 3. The van der Waals surface area contributed by atoms with Gasteiger partial charge in [-0.1, -0.05) is 18.2 Å². The highest BCUT2D eigenvalue weighted by atomic mass is 32.2. The van der Waals surface area contributed by atoms with E-state index < -0.39 is 15.6 Å². The largest absolute Gasteiger partial charge is 0.301 e. The lowest BCUT2D eigenvalue weighted by Gasteiger charge is -2.28. The first-order chi connectivity index (χ1) is 8.00. The number of hydrogen-bond donors (Lipinski definition) is 0. The minimum atomic E-state index is -3.56. The van der Waals surface area contributed by atoms with Gasteiger partial charge >= 0.3 is 0 Å². The van der Waals surface area contributed by atoms with Crippen LogP contribution in [0.2, 0.25) is 0 Å². The summed E-state index contributed by atoms with van der Waals surface area (Å²) in [6.45, 7) is 2.08. The highest BCUT2D eigenvalue weighted by Crippen LogP contribution is 2.32. The van der Waals surface area contributed by atoms with Crippen LogP contribution in [0.3, 0.4) is 0 Å². The molecule has 0 radical (unpaired) electrons. The van der Waals surface area contributed by atoms with Crippen LogP contribution in [-0.4, -0.2) is 31.1 Å². The molecule has 1 fully saturated rings. The molecule has 1 aromatic rings. The second-order valence-electron chi connectivity index (χ2n) is 4.47. The molecule has 1 aliphatic heterocycles. The van der Waals surface area contributed by atoms with Crippen molar-refractivity contribution in [1.29, 1.82) is 0 Å². The van der Waals surface area contributed by atoms with Gasteiger partial charge < -0.3 is 4.79 Å². The standard InChI is InChI=1S/C12H15NO3S/c1-12(10-14)8-5-9-13(12)17(15,16)11-6-3-2-4-7-11/h2-4,6-7,10H,5,8-9H2,1H3/t12-/m0/s1. The Morgan fingerprint density at radius 3 is 2.53 bits per heavy atom. The Hall–Kier alpha value is -1.20. The van der Waals surface area contributed by atoms with E-state index in [9.17, 15) is 13.2 Å². The summed E-state index contributed by atoms with van der Waals surface area (Å²) in [6.07, 6.45) is 2.05. The minimum absolute atomic E-state index is 0.245. The van der Waals surface area contributed by atoms with E-state index in [4.69, 9.17) is 0 Å². The van der Waals surface area contributed by atoms with Gasteiger partial charge in [0, 0.05) is 6.54 Å². The van der Waals surface area contributed by atoms with Crippen LogP contribution in [-0.2, 0) is 14.8 Å². The third-order valence-corrected chi connectivity index (χ3v) is 5.25. The predicted molar refractivity (Wildman–Crippen MR) is 64.0 cm³/mol. The zero-order valence-electron chi connectivity index (χ0n) is 9.67. The molecule has 0 bridgehead atoms. The minimum Gasteiger partial charge on any atom is -0.301 e. The lowest BCUT2D eigenvalue weighted by molar-refractivity contribution is -0.114. The van der Waals surface area contributed by atoms with E-state index in [-0.39, 0.29) is 4.90 Å². The van der Waals surface area contributed by atoms with Crippen LogP contribution in [0.5, 0.6) is 0 Å². The summed E-state index contributed by atoms with van der Waals surface area (Å²) in [5.74, 6) is 0. The summed E-state index contributed by atoms with van der Waals surface area (Å²) in [5, 5.41) is 0. The molecule has 1 aliphatic rings. The topological polar surface area (TPSA) is 54.5 Å². The maximum absolute atomic E-state index is 12.4. The van der Waals surface area contributed by atoms with E-state index in [0.717, 1.165) is 12.7 Å². The van der Waals surface area contributed by atoms with Crippen molar-refractivity contribution in [3.63, 3.8) is 0 Å². The normalized spacial score (nSPS) is 25.9. The third kappa shape index (κ3) is 2.00. The molecule has 92 valence electrons. The smallest absolute Gasteiger partial charge is 0.243 e. The van der Waals surface area contributed by atoms with Crippen molar-refractivity contribution < 1.29 is 13.2 Å². The lowest BCUT2D eigenvalue weighted by Crippen LogP contribution is -2.46. The Morgan fingerprint density at radius 1 is 1.29 bits per heavy atom. The quantitative estimate of drug-likeness (QED) is 0.766. The van der Waals surface area contributed by atoms with E-state index in [1.165, 1.54) is 4.31 Å². The van der Waals surface area contributed by atoms with Crippen LogP contribution in [0.15, 0.2) is 35.2 Å². The number of hydrogen-bond acceptors (Lipinski definition) is 3. The molecule has 17 heavy (non-hydrogen) atoms. The number of nitrogens with zero attached hydrogens (tertiary/aromatic N) is 1. The highest BCUT2D eigenvalue weighted by molar-refractivity contribution is 7.89. The second-order valence-corrected chi connectivity index (χ2v) is 6.33. The lowest BCUT2D eigenvalue weighted by atomic mass is 10.0. The molecule has 1 saturated heterocycles. The van der Waals surface area contributed by atoms with Crippen LogP contribution >= 0.6 is 0 Å². The average Bonchev–Trinajstić information content (AvgIpc) is 2.74. The fourth-order valence-electron chi connectivity index (χ4n) is 2.19. The molecule has 0 spiro atoms. The molecule has 0 saturated carbocycles. The van der Waals surface area contributed by atoms with Crippen LogP contribution in [0.25, 0.3) is 0 Å². The van der Waals surface area contributed by atoms with Gasteiger partial charge in [0.2, 0.25) is 10.0 Å². The SMILES string of the molecule is C[C@@]1(C=O)CCCN1S(=O)(=O)c1ccccc1. The van der Waals surface area contributed by atoms with E-state index >= 15 is 0 Å². The average molecular weight is 253 g/mol. The van der Waals surface area contributed by atoms with Gasteiger partial charge in [-0.05, 0) is 31.9 Å². The Bertz CT molecular complexity index is 512. The molecule has 0 N–H and O–H groups in total. The number of carbonyl (C=O) groups is 1. The summed E-state index contributed by atoms with van der Waals surface area (Å²) in [6, 6.07) is 8.24. The van der Waals surface area contributed by atoms with Crippen molar-refractivity contribution in [3.05, 3.63) is 30.3 Å². The molecule has 2 rings (SSSR count). The maximum atomic E-state index is 12.4. The molecule has 5 heteroatoms. The Kier molecular flexibility index (Phi) is 3.05. The molecule has 1 heterocycles. The van der Waals surface area contributed by atoms with Crippen LogP contribution < -0.4 is 0 Å². The van der Waals surface area contributed by atoms with Crippen LogP contribution in [0.1, 0.15) is 19.8 Å². The number of benzene rings is 1. The first-order valence-corrected chi connectivity index (χ1v) is 6.99. The summed E-state index contributed by atoms with van der Waals surface area (Å²) < 4.78 is 26.1. The fraction of sp³-hybridized carbons (Fsp3) is 0.417. The van der Waals surface area contributed by atoms with Crippen molar-refractivity contribution in [2.75, 3.05) is 6.54 Å². The van der Waals surface area contributed by atoms with Crippen molar-refractivity contribution in [3.8, 4) is 0 Å². The fourth-order valence-corrected chi connectivity index (χ4v) is 4.00. The van der Waals surface area contributed by atoms with Gasteiger partial charge in [-0.15, -0.1) is 0 Å². The summed E-state index contributed by atoms with van der Waals surface area (Å²) >= 11 is 0. The molecule has 0 aromatic heterocycles. The predicted octanol–water partition coefficient (Wildman–Crippen LogP) is 1.43. The molecule has 1 aromatic carbocycles. The zero-order chi connectivity index (χ0) is 12.5. The summed E-state index contributed by atoms with van der Waals surface area (Å²) in [4.78, 5) is 11.4. The first-order valence-electron chi connectivity index (χ1n) is 5.55. The van der Waals surface area contributed by atoms with Crippen molar-refractivity contribution >= 4 is 16.3 Å². The molecule has 0 unspecified atom stereocenters. The van der Waals surface area contributed by atoms with Gasteiger partial charge in [-0.2, -0.15) is 4.31 Å². The van der Waals surface area contributed by atoms with Gasteiger partial charge in [0.25, 0.3) is 0 Å². The van der Waals surface area contributed by atoms with Gasteiger partial charge in [0.05, 0.1) is 10.4 Å². The van der Waals surface area contributed by atoms with E-state index in [1.54, 1.807) is 37.3 Å². The third-order valence-electron chi connectivity index (χ3n) is 3.20. The van der Waals surface area contributed by atoms with E-state index in [1.807, 2.05) is 0 Å². The molecule has 0 amide bonds. The number of carbonyl (C=O) groups excluding carboxylic acids is 1. The second kappa shape index (κ2) is 4.23. The molecule has 1 atom stereocenters. The van der Waals surface area contributed by atoms with Gasteiger partial charge in [-0.3, -0.25) is 0 Å². The van der Waals surface area contributed by atoms with Gasteiger partial charge in [0.1, 0.15) is 6.29 Å². The van der Waals surface area contributed by atoms with Crippen LogP contribution in [0, 0.1) is 0 Å². The number of sulfonamides is 1. The first kappa shape index (κ1) is 12.3. The Balaban J connectivity index is 2.44. The molecule has 4 nitrogen and oxygen atoms in total. The maximum Gasteiger partial charge on any atom is 0.243 e. The van der Waals surface area contributed by atoms with Gasteiger partial charge in [-0.25, -0.2) is 8.42 Å². The summed E-state index contributed by atoms with van der Waals surface area (Å²) in [7, 11) is -3.56. The molecular formula is C12H15NO3S. The van der Waals surface area contributed by atoms with Crippen molar-refractivity contribution in [1.82, 2.24) is 4.31 Å². The molecular weight excluding hydrogens is 238 g/mol. The summed E-state index contributed by atoms with van der Waals surface area (Å²) in [5.41, 5.74) is -0.894. The monoisotopic (exact) mass is 253 g/mol. The van der Waals surface area contributed by atoms with E-state index in [2.05, 4.69) is 0 Å². The van der Waals surface area contributed by atoms with E-state index in [0.29, 0.717) is 13.0 Å². The van der Waals surface area contributed by atoms with Crippen molar-refractivity contribution in [2.24, 2.45) is 0 Å². The van der Waals surface area contributed by atoms with Crippen molar-refractivity contribution in [2.45, 2.75) is 30.2 Å². The highest BCUT2D eigenvalue weighted by Gasteiger charge is 2.44. The molecule has 0 aliphatic carbocycles. The van der Waals surface area contributed by atoms with Crippen LogP contribution in [0.4, 0.5) is 0 Å².